The second-order valence-electron chi connectivity index (χ2n) is 4.14. The van der Waals surface area contributed by atoms with E-state index in [4.69, 9.17) is 15.7 Å². The Morgan fingerprint density at radius 1 is 1.61 bits per heavy atom. The van der Waals surface area contributed by atoms with Crippen LogP contribution in [-0.4, -0.2) is 23.9 Å². The summed E-state index contributed by atoms with van der Waals surface area (Å²) in [4.78, 5) is 11.4. The Balaban J connectivity index is 2.40. The lowest BCUT2D eigenvalue weighted by atomic mass is 10.1. The summed E-state index contributed by atoms with van der Waals surface area (Å²) in [5, 5.41) is 6.60. The molecule has 0 bridgehead atoms. The summed E-state index contributed by atoms with van der Waals surface area (Å²) in [7, 11) is 0. The van der Waals surface area contributed by atoms with Gasteiger partial charge in [-0.15, -0.1) is 12.3 Å². The first-order valence-electron chi connectivity index (χ1n) is 5.83. The molecular weight excluding hydrogens is 232 g/mol. The van der Waals surface area contributed by atoms with Crippen molar-refractivity contribution in [1.82, 2.24) is 10.5 Å². The van der Waals surface area contributed by atoms with E-state index in [2.05, 4.69) is 16.4 Å². The number of hydrogen-bond donors (Lipinski definition) is 1. The number of alkyl carbamates (subject to hydrolysis) is 1. The SMILES string of the molecule is C#CCCOC(=O)N[C@H](C)Cc1c(C)noc1C. The third kappa shape index (κ3) is 4.13. The van der Waals surface area contributed by atoms with Crippen molar-refractivity contribution in [3.05, 3.63) is 17.0 Å². The number of carbonyl (C=O) groups is 1. The molecule has 0 aliphatic heterocycles. The highest BCUT2D eigenvalue weighted by atomic mass is 16.5. The van der Waals surface area contributed by atoms with Crippen LogP contribution in [0.2, 0.25) is 0 Å². The molecule has 0 aliphatic carbocycles. The number of aryl methyl sites for hydroxylation is 2. The summed E-state index contributed by atoms with van der Waals surface area (Å²) in [5.74, 6) is 3.18. The van der Waals surface area contributed by atoms with Crippen molar-refractivity contribution in [2.24, 2.45) is 0 Å². The van der Waals surface area contributed by atoms with Crippen molar-refractivity contribution in [2.45, 2.75) is 39.7 Å². The summed E-state index contributed by atoms with van der Waals surface area (Å²) in [6, 6.07) is -0.0554. The van der Waals surface area contributed by atoms with Gasteiger partial charge in [0.1, 0.15) is 12.4 Å². The molecule has 1 heterocycles. The third-order valence-electron chi connectivity index (χ3n) is 2.54. The fourth-order valence-electron chi connectivity index (χ4n) is 1.60. The maximum atomic E-state index is 11.4. The molecule has 18 heavy (non-hydrogen) atoms. The van der Waals surface area contributed by atoms with Gasteiger partial charge in [0.25, 0.3) is 0 Å². The number of terminal acetylenes is 1. The van der Waals surface area contributed by atoms with E-state index in [0.29, 0.717) is 12.8 Å². The second-order valence-corrected chi connectivity index (χ2v) is 4.14. The van der Waals surface area contributed by atoms with Crippen LogP contribution >= 0.6 is 0 Å². The van der Waals surface area contributed by atoms with Gasteiger partial charge in [0.2, 0.25) is 0 Å². The normalized spacial score (nSPS) is 11.7. The molecule has 0 fully saturated rings. The molecular formula is C13H18N2O3. The molecule has 1 atom stereocenters. The largest absolute Gasteiger partial charge is 0.449 e. The highest BCUT2D eigenvalue weighted by molar-refractivity contribution is 5.67. The Labute approximate surface area is 107 Å². The maximum absolute atomic E-state index is 11.4. The van der Waals surface area contributed by atoms with Gasteiger partial charge in [-0.3, -0.25) is 0 Å². The maximum Gasteiger partial charge on any atom is 0.407 e. The number of ether oxygens (including phenoxy) is 1. The summed E-state index contributed by atoms with van der Waals surface area (Å²) < 4.78 is 9.97. The molecule has 0 unspecified atom stereocenters. The standard InChI is InChI=1S/C13H18N2O3/c1-5-6-7-17-13(16)14-9(2)8-12-10(3)15-18-11(12)4/h1,9H,6-8H2,2-4H3,(H,14,16)/t9-/m1/s1. The van der Waals surface area contributed by atoms with Gasteiger partial charge >= 0.3 is 6.09 Å². The number of nitrogens with zero attached hydrogens (tertiary/aromatic N) is 1. The van der Waals surface area contributed by atoms with E-state index < -0.39 is 6.09 Å². The van der Waals surface area contributed by atoms with E-state index in [-0.39, 0.29) is 12.6 Å². The van der Waals surface area contributed by atoms with E-state index in [1.54, 1.807) is 0 Å². The van der Waals surface area contributed by atoms with Crippen LogP contribution in [0.25, 0.3) is 0 Å². The molecule has 98 valence electrons. The van der Waals surface area contributed by atoms with Gasteiger partial charge in [0, 0.05) is 18.0 Å². The van der Waals surface area contributed by atoms with Gasteiger partial charge in [-0.05, 0) is 27.2 Å². The Hall–Kier alpha value is -1.96. The van der Waals surface area contributed by atoms with Gasteiger partial charge in [-0.2, -0.15) is 0 Å². The molecule has 1 N–H and O–H groups in total. The van der Waals surface area contributed by atoms with Crippen molar-refractivity contribution in [3.63, 3.8) is 0 Å². The van der Waals surface area contributed by atoms with Crippen LogP contribution in [0.15, 0.2) is 4.52 Å². The predicted octanol–water partition coefficient (Wildman–Crippen LogP) is 1.97. The zero-order valence-electron chi connectivity index (χ0n) is 10.9. The van der Waals surface area contributed by atoms with Crippen LogP contribution < -0.4 is 5.32 Å². The van der Waals surface area contributed by atoms with E-state index in [9.17, 15) is 4.79 Å². The van der Waals surface area contributed by atoms with Gasteiger partial charge in [0.15, 0.2) is 0 Å². The number of aromatic nitrogens is 1. The Kier molecular flexibility index (Phi) is 5.25. The molecule has 1 aromatic heterocycles. The summed E-state index contributed by atoms with van der Waals surface area (Å²) in [6.07, 6.45) is 5.69. The van der Waals surface area contributed by atoms with Crippen molar-refractivity contribution in [1.29, 1.82) is 0 Å². The number of rotatable bonds is 5. The van der Waals surface area contributed by atoms with E-state index in [1.807, 2.05) is 20.8 Å². The number of nitrogens with one attached hydrogen (secondary N) is 1. The minimum atomic E-state index is -0.454. The topological polar surface area (TPSA) is 64.4 Å². The Morgan fingerprint density at radius 3 is 2.89 bits per heavy atom. The molecule has 1 aromatic rings. The lowest BCUT2D eigenvalue weighted by Crippen LogP contribution is -2.34. The first-order valence-corrected chi connectivity index (χ1v) is 5.83. The monoisotopic (exact) mass is 250 g/mol. The highest BCUT2D eigenvalue weighted by Crippen LogP contribution is 2.14. The molecule has 0 radical (unpaired) electrons. The number of amides is 1. The molecule has 1 rings (SSSR count). The fraction of sp³-hybridized carbons (Fsp3) is 0.538. The first kappa shape index (κ1) is 14.1. The minimum absolute atomic E-state index is 0.0554. The van der Waals surface area contributed by atoms with Crippen LogP contribution in [0.1, 0.15) is 30.4 Å². The molecule has 1 amide bonds. The quantitative estimate of drug-likeness (QED) is 0.641. The Bertz CT molecular complexity index is 426. The average Bonchev–Trinajstić information content (AvgIpc) is 2.61. The lowest BCUT2D eigenvalue weighted by molar-refractivity contribution is 0.145. The predicted molar refractivity (Wildman–Crippen MR) is 67.1 cm³/mol. The fourth-order valence-corrected chi connectivity index (χ4v) is 1.60. The van der Waals surface area contributed by atoms with Gasteiger partial charge in [-0.25, -0.2) is 4.79 Å². The van der Waals surface area contributed by atoms with Crippen LogP contribution in [0, 0.1) is 26.2 Å². The lowest BCUT2D eigenvalue weighted by Gasteiger charge is -2.13. The smallest absolute Gasteiger partial charge is 0.407 e. The van der Waals surface area contributed by atoms with Gasteiger partial charge < -0.3 is 14.6 Å². The van der Waals surface area contributed by atoms with Gasteiger partial charge in [0.05, 0.1) is 5.69 Å². The third-order valence-corrected chi connectivity index (χ3v) is 2.54. The summed E-state index contributed by atoms with van der Waals surface area (Å²) >= 11 is 0. The summed E-state index contributed by atoms with van der Waals surface area (Å²) in [6.45, 7) is 5.87. The molecule has 0 spiro atoms. The zero-order chi connectivity index (χ0) is 13.5. The van der Waals surface area contributed by atoms with Crippen molar-refractivity contribution < 1.29 is 14.1 Å². The van der Waals surface area contributed by atoms with Gasteiger partial charge in [-0.1, -0.05) is 5.16 Å². The van der Waals surface area contributed by atoms with Crippen molar-refractivity contribution >= 4 is 6.09 Å². The molecule has 5 heteroatoms. The minimum Gasteiger partial charge on any atom is -0.449 e. The van der Waals surface area contributed by atoms with Crippen molar-refractivity contribution in [2.75, 3.05) is 6.61 Å². The zero-order valence-corrected chi connectivity index (χ0v) is 10.9. The highest BCUT2D eigenvalue weighted by Gasteiger charge is 2.14. The second kappa shape index (κ2) is 6.70. The molecule has 0 saturated carbocycles. The van der Waals surface area contributed by atoms with Crippen LogP contribution in [-0.2, 0) is 11.2 Å². The van der Waals surface area contributed by atoms with Crippen LogP contribution in [0.5, 0.6) is 0 Å². The van der Waals surface area contributed by atoms with E-state index >= 15 is 0 Å². The Morgan fingerprint density at radius 2 is 2.33 bits per heavy atom. The average molecular weight is 250 g/mol. The van der Waals surface area contributed by atoms with E-state index in [1.165, 1.54) is 0 Å². The number of carbonyl (C=O) groups excluding carboxylic acids is 1. The molecule has 0 aromatic carbocycles. The summed E-state index contributed by atoms with van der Waals surface area (Å²) in [5.41, 5.74) is 1.87. The molecule has 0 saturated heterocycles. The van der Waals surface area contributed by atoms with Crippen LogP contribution in [0.3, 0.4) is 0 Å². The molecule has 5 nitrogen and oxygen atoms in total. The first-order chi connectivity index (χ1) is 8.54. The van der Waals surface area contributed by atoms with E-state index in [0.717, 1.165) is 17.0 Å². The molecule has 0 aliphatic rings. The van der Waals surface area contributed by atoms with Crippen molar-refractivity contribution in [3.8, 4) is 12.3 Å². The van der Waals surface area contributed by atoms with Crippen LogP contribution in [0.4, 0.5) is 4.79 Å². The number of hydrogen-bond acceptors (Lipinski definition) is 4.